The minimum absolute atomic E-state index is 0.605. The van der Waals surface area contributed by atoms with Crippen LogP contribution in [0.15, 0.2) is 29.0 Å². The summed E-state index contributed by atoms with van der Waals surface area (Å²) in [6.45, 7) is 1.66. The molecule has 4 nitrogen and oxygen atoms in total. The van der Waals surface area contributed by atoms with Crippen molar-refractivity contribution in [1.82, 2.24) is 10.3 Å². The van der Waals surface area contributed by atoms with Gasteiger partial charge < -0.3 is 9.73 Å². The molecule has 0 aliphatic rings. The van der Waals surface area contributed by atoms with Crippen LogP contribution in [0.1, 0.15) is 18.4 Å². The quantitative estimate of drug-likeness (QED) is 0.777. The van der Waals surface area contributed by atoms with E-state index < -0.39 is 0 Å². The van der Waals surface area contributed by atoms with Gasteiger partial charge in [-0.2, -0.15) is 5.26 Å². The monoisotopic (exact) mass is 215 g/mol. The minimum atomic E-state index is 0.605. The van der Waals surface area contributed by atoms with Gasteiger partial charge in [0.05, 0.1) is 6.07 Å². The van der Waals surface area contributed by atoms with Gasteiger partial charge in [-0.3, -0.25) is 0 Å². The van der Waals surface area contributed by atoms with Crippen LogP contribution in [0.25, 0.3) is 11.1 Å². The molecule has 1 N–H and O–H groups in total. The van der Waals surface area contributed by atoms with Gasteiger partial charge in [0.15, 0.2) is 12.0 Å². The fraction of sp³-hybridized carbons (Fsp3) is 0.333. The predicted molar refractivity (Wildman–Crippen MR) is 60.6 cm³/mol. The Morgan fingerprint density at radius 2 is 2.38 bits per heavy atom. The van der Waals surface area contributed by atoms with Gasteiger partial charge in [0, 0.05) is 13.0 Å². The zero-order valence-corrected chi connectivity index (χ0v) is 8.94. The molecular formula is C12H13N3O. The van der Waals surface area contributed by atoms with Crippen LogP contribution >= 0.6 is 0 Å². The molecule has 0 aliphatic heterocycles. The molecule has 0 aliphatic carbocycles. The maximum atomic E-state index is 8.38. The molecule has 0 spiro atoms. The van der Waals surface area contributed by atoms with Gasteiger partial charge in [0.1, 0.15) is 5.52 Å². The van der Waals surface area contributed by atoms with Crippen LogP contribution in [-0.2, 0) is 6.54 Å². The third-order valence-electron chi connectivity index (χ3n) is 2.37. The summed E-state index contributed by atoms with van der Waals surface area (Å²) in [6, 6.07) is 8.09. The molecule has 0 atom stereocenters. The Morgan fingerprint density at radius 3 is 3.25 bits per heavy atom. The van der Waals surface area contributed by atoms with Gasteiger partial charge in [-0.25, -0.2) is 4.98 Å². The van der Waals surface area contributed by atoms with Gasteiger partial charge in [-0.1, -0.05) is 6.07 Å². The van der Waals surface area contributed by atoms with Crippen molar-refractivity contribution in [2.45, 2.75) is 19.4 Å². The SMILES string of the molecule is N#CCCCNCc1ccc2ncoc2c1. The van der Waals surface area contributed by atoms with Crippen LogP contribution < -0.4 is 5.32 Å². The predicted octanol–water partition coefficient (Wildman–Crippen LogP) is 2.22. The highest BCUT2D eigenvalue weighted by molar-refractivity contribution is 5.72. The summed E-state index contributed by atoms with van der Waals surface area (Å²) < 4.78 is 5.22. The van der Waals surface area contributed by atoms with E-state index in [9.17, 15) is 0 Å². The molecule has 1 aromatic carbocycles. The smallest absolute Gasteiger partial charge is 0.181 e. The van der Waals surface area contributed by atoms with E-state index in [1.54, 1.807) is 0 Å². The summed E-state index contributed by atoms with van der Waals surface area (Å²) in [4.78, 5) is 4.06. The van der Waals surface area contributed by atoms with Gasteiger partial charge in [0.25, 0.3) is 0 Å². The lowest BCUT2D eigenvalue weighted by Gasteiger charge is -2.02. The third kappa shape index (κ3) is 2.59. The van der Waals surface area contributed by atoms with Crippen molar-refractivity contribution in [1.29, 1.82) is 5.26 Å². The average Bonchev–Trinajstić information content (AvgIpc) is 2.76. The average molecular weight is 215 g/mol. The van der Waals surface area contributed by atoms with Crippen LogP contribution in [0.4, 0.5) is 0 Å². The first-order valence-corrected chi connectivity index (χ1v) is 5.30. The van der Waals surface area contributed by atoms with Crippen molar-refractivity contribution in [3.05, 3.63) is 30.2 Å². The van der Waals surface area contributed by atoms with Crippen LogP contribution in [0.3, 0.4) is 0 Å². The minimum Gasteiger partial charge on any atom is -0.443 e. The van der Waals surface area contributed by atoms with E-state index in [-0.39, 0.29) is 0 Å². The molecule has 0 saturated carbocycles. The number of aromatic nitrogens is 1. The molecule has 0 unspecified atom stereocenters. The Bertz CT molecular complexity index is 498. The molecule has 82 valence electrons. The number of nitrogens with one attached hydrogen (secondary N) is 1. The zero-order chi connectivity index (χ0) is 11.2. The van der Waals surface area contributed by atoms with E-state index in [0.29, 0.717) is 6.42 Å². The summed E-state index contributed by atoms with van der Waals surface area (Å²) in [5, 5.41) is 11.7. The van der Waals surface area contributed by atoms with Crippen molar-refractivity contribution in [2.75, 3.05) is 6.54 Å². The highest BCUT2D eigenvalue weighted by Crippen LogP contribution is 2.13. The number of rotatable bonds is 5. The molecule has 1 heterocycles. The second-order valence-corrected chi connectivity index (χ2v) is 3.59. The number of unbranched alkanes of at least 4 members (excludes halogenated alkanes) is 1. The van der Waals surface area contributed by atoms with Crippen molar-refractivity contribution in [3.8, 4) is 6.07 Å². The number of nitriles is 1. The number of fused-ring (bicyclic) bond motifs is 1. The zero-order valence-electron chi connectivity index (χ0n) is 8.94. The van der Waals surface area contributed by atoms with E-state index in [1.165, 1.54) is 12.0 Å². The number of hydrogen-bond donors (Lipinski definition) is 1. The van der Waals surface area contributed by atoms with Gasteiger partial charge in [-0.15, -0.1) is 0 Å². The largest absolute Gasteiger partial charge is 0.443 e. The van der Waals surface area contributed by atoms with E-state index in [1.807, 2.05) is 18.2 Å². The van der Waals surface area contributed by atoms with E-state index in [4.69, 9.17) is 9.68 Å². The summed E-state index contributed by atoms with van der Waals surface area (Å²) in [5.41, 5.74) is 2.87. The number of oxazole rings is 1. The second kappa shape index (κ2) is 5.29. The molecular weight excluding hydrogens is 202 g/mol. The first-order valence-electron chi connectivity index (χ1n) is 5.30. The van der Waals surface area contributed by atoms with E-state index >= 15 is 0 Å². The molecule has 0 bridgehead atoms. The summed E-state index contributed by atoms with van der Waals surface area (Å²) in [5.74, 6) is 0. The summed E-state index contributed by atoms with van der Waals surface area (Å²) in [7, 11) is 0. The van der Waals surface area contributed by atoms with Gasteiger partial charge >= 0.3 is 0 Å². The van der Waals surface area contributed by atoms with Crippen LogP contribution in [0, 0.1) is 11.3 Å². The van der Waals surface area contributed by atoms with E-state index in [0.717, 1.165) is 30.6 Å². The maximum Gasteiger partial charge on any atom is 0.181 e. The first-order chi connectivity index (χ1) is 7.90. The Hall–Kier alpha value is -1.86. The molecule has 2 rings (SSSR count). The number of hydrogen-bond acceptors (Lipinski definition) is 4. The normalized spacial score (nSPS) is 10.4. The van der Waals surface area contributed by atoms with Crippen molar-refractivity contribution in [2.24, 2.45) is 0 Å². The fourth-order valence-corrected chi connectivity index (χ4v) is 1.53. The van der Waals surface area contributed by atoms with Crippen molar-refractivity contribution in [3.63, 3.8) is 0 Å². The molecule has 2 aromatic rings. The van der Waals surface area contributed by atoms with Crippen molar-refractivity contribution < 1.29 is 4.42 Å². The standard InChI is InChI=1S/C12H13N3O/c13-5-1-2-6-14-8-10-3-4-11-12(7-10)16-9-15-11/h3-4,7,9,14H,1-2,6,8H2. The van der Waals surface area contributed by atoms with Crippen molar-refractivity contribution >= 4 is 11.1 Å². The number of benzene rings is 1. The highest BCUT2D eigenvalue weighted by Gasteiger charge is 1.99. The summed E-state index contributed by atoms with van der Waals surface area (Å²) >= 11 is 0. The number of nitrogens with zero attached hydrogens (tertiary/aromatic N) is 2. The summed E-state index contributed by atoms with van der Waals surface area (Å²) in [6.07, 6.45) is 2.95. The Kier molecular flexibility index (Phi) is 3.52. The van der Waals surface area contributed by atoms with Crippen LogP contribution in [0.5, 0.6) is 0 Å². The van der Waals surface area contributed by atoms with Gasteiger partial charge in [0.2, 0.25) is 0 Å². The van der Waals surface area contributed by atoms with Gasteiger partial charge in [-0.05, 0) is 30.7 Å². The lowest BCUT2D eigenvalue weighted by Crippen LogP contribution is -2.14. The maximum absolute atomic E-state index is 8.38. The molecule has 0 radical (unpaired) electrons. The Morgan fingerprint density at radius 1 is 1.44 bits per heavy atom. The molecule has 1 aromatic heterocycles. The topological polar surface area (TPSA) is 61.9 Å². The third-order valence-corrected chi connectivity index (χ3v) is 2.37. The fourth-order valence-electron chi connectivity index (χ4n) is 1.53. The van der Waals surface area contributed by atoms with Crippen LogP contribution in [0.2, 0.25) is 0 Å². The van der Waals surface area contributed by atoms with E-state index in [2.05, 4.69) is 16.4 Å². The molecule has 0 saturated heterocycles. The molecule has 0 fully saturated rings. The second-order valence-electron chi connectivity index (χ2n) is 3.59. The van der Waals surface area contributed by atoms with Crippen LogP contribution in [-0.4, -0.2) is 11.5 Å². The lowest BCUT2D eigenvalue weighted by atomic mass is 10.2. The Balaban J connectivity index is 1.87. The Labute approximate surface area is 93.9 Å². The molecule has 4 heteroatoms. The highest BCUT2D eigenvalue weighted by atomic mass is 16.3. The molecule has 16 heavy (non-hydrogen) atoms. The molecule has 0 amide bonds. The lowest BCUT2D eigenvalue weighted by molar-refractivity contribution is 0.600. The first kappa shape index (κ1) is 10.7.